The number of nitriles is 1. The smallest absolute Gasteiger partial charge is 0.161 e. The first kappa shape index (κ1) is 14.4. The number of rotatable bonds is 4. The monoisotopic (exact) mass is 278 g/mol. The van der Waals surface area contributed by atoms with Crippen molar-refractivity contribution >= 4 is 11.0 Å². The van der Waals surface area contributed by atoms with Crippen LogP contribution in [0.2, 0.25) is 0 Å². The molecular weight excluding hydrogens is 262 g/mol. The van der Waals surface area contributed by atoms with Gasteiger partial charge in [0.2, 0.25) is 0 Å². The molecular formula is C14H16F2N4. The second kappa shape index (κ2) is 5.55. The molecule has 106 valence electrons. The summed E-state index contributed by atoms with van der Waals surface area (Å²) in [6.45, 7) is 2.72. The Hall–Kier alpha value is -2.00. The van der Waals surface area contributed by atoms with Gasteiger partial charge in [0.1, 0.15) is 5.82 Å². The fourth-order valence-corrected chi connectivity index (χ4v) is 2.09. The molecule has 1 atom stereocenters. The van der Waals surface area contributed by atoms with E-state index in [0.717, 1.165) is 12.1 Å². The number of aromatic nitrogens is 2. The summed E-state index contributed by atoms with van der Waals surface area (Å²) in [6.07, 6.45) is 0. The Labute approximate surface area is 116 Å². The fraction of sp³-hybridized carbons (Fsp3) is 0.429. The minimum atomic E-state index is -0.910. The Morgan fingerprint density at radius 1 is 1.35 bits per heavy atom. The van der Waals surface area contributed by atoms with E-state index in [9.17, 15) is 8.78 Å². The molecule has 2 aromatic rings. The number of nitrogens with zero attached hydrogens (tertiary/aromatic N) is 4. The number of benzene rings is 1. The maximum absolute atomic E-state index is 13.4. The van der Waals surface area contributed by atoms with Crippen LogP contribution in [0, 0.1) is 28.9 Å². The van der Waals surface area contributed by atoms with E-state index in [4.69, 9.17) is 5.26 Å². The highest BCUT2D eigenvalue weighted by Gasteiger charge is 2.16. The van der Waals surface area contributed by atoms with Gasteiger partial charge in [-0.2, -0.15) is 5.26 Å². The molecule has 1 aromatic heterocycles. The van der Waals surface area contributed by atoms with Gasteiger partial charge in [0.25, 0.3) is 0 Å². The molecule has 0 bridgehead atoms. The highest BCUT2D eigenvalue weighted by Crippen LogP contribution is 2.21. The molecule has 20 heavy (non-hydrogen) atoms. The molecule has 4 nitrogen and oxygen atoms in total. The minimum Gasteiger partial charge on any atom is -0.325 e. The Balaban J connectivity index is 2.58. The lowest BCUT2D eigenvalue weighted by molar-refractivity contribution is 0.378. The highest BCUT2D eigenvalue weighted by atomic mass is 19.2. The molecule has 0 aliphatic rings. The van der Waals surface area contributed by atoms with Crippen molar-refractivity contribution in [1.29, 1.82) is 5.26 Å². The Morgan fingerprint density at radius 2 is 2.00 bits per heavy atom. The van der Waals surface area contributed by atoms with Crippen LogP contribution in [0.4, 0.5) is 8.78 Å². The van der Waals surface area contributed by atoms with Crippen molar-refractivity contribution < 1.29 is 8.78 Å². The quantitative estimate of drug-likeness (QED) is 0.863. The van der Waals surface area contributed by atoms with Gasteiger partial charge in [0.05, 0.1) is 29.6 Å². The molecule has 0 saturated heterocycles. The molecule has 0 radical (unpaired) electrons. The summed E-state index contributed by atoms with van der Waals surface area (Å²) in [4.78, 5) is 6.27. The summed E-state index contributed by atoms with van der Waals surface area (Å²) in [7, 11) is 3.77. The van der Waals surface area contributed by atoms with Crippen LogP contribution in [0.15, 0.2) is 12.1 Å². The topological polar surface area (TPSA) is 44.9 Å². The molecule has 1 heterocycles. The first-order valence-corrected chi connectivity index (χ1v) is 6.31. The number of fused-ring (bicyclic) bond motifs is 1. The molecule has 0 fully saturated rings. The molecule has 2 rings (SSSR count). The van der Waals surface area contributed by atoms with Crippen molar-refractivity contribution in [3.05, 3.63) is 29.6 Å². The third-order valence-corrected chi connectivity index (χ3v) is 3.00. The van der Waals surface area contributed by atoms with E-state index in [-0.39, 0.29) is 5.92 Å². The first-order chi connectivity index (χ1) is 9.42. The summed E-state index contributed by atoms with van der Waals surface area (Å²) in [5.41, 5.74) is 0.925. The van der Waals surface area contributed by atoms with Gasteiger partial charge in [-0.1, -0.05) is 0 Å². The average Bonchev–Trinajstić information content (AvgIpc) is 2.67. The van der Waals surface area contributed by atoms with Crippen LogP contribution >= 0.6 is 0 Å². The van der Waals surface area contributed by atoms with E-state index < -0.39 is 11.6 Å². The van der Waals surface area contributed by atoms with Crippen LogP contribution in [-0.4, -0.2) is 28.5 Å². The lowest BCUT2D eigenvalue weighted by atomic mass is 10.2. The number of imidazole rings is 1. The molecule has 6 heteroatoms. The lowest BCUT2D eigenvalue weighted by Gasteiger charge is -2.13. The molecule has 0 saturated carbocycles. The summed E-state index contributed by atoms with van der Waals surface area (Å²) in [5.74, 6) is -1.36. The molecule has 1 aromatic carbocycles. The molecule has 0 N–H and O–H groups in total. The van der Waals surface area contributed by atoms with Crippen LogP contribution in [0.3, 0.4) is 0 Å². The largest absolute Gasteiger partial charge is 0.325 e. The van der Waals surface area contributed by atoms with Crippen LogP contribution in [0.5, 0.6) is 0 Å². The average molecular weight is 278 g/mol. The zero-order valence-electron chi connectivity index (χ0n) is 11.7. The molecule has 1 unspecified atom stereocenters. The second-order valence-electron chi connectivity index (χ2n) is 5.16. The second-order valence-corrected chi connectivity index (χ2v) is 5.16. The predicted molar refractivity (Wildman–Crippen MR) is 71.8 cm³/mol. The van der Waals surface area contributed by atoms with Gasteiger partial charge < -0.3 is 9.47 Å². The predicted octanol–water partition coefficient (Wildman–Crippen LogP) is 2.54. The third kappa shape index (κ3) is 2.78. The standard InChI is InChI=1S/C14H16F2N4/c1-9(6-17)7-20-13-5-11(16)10(15)4-12(13)18-14(20)8-19(2)3/h4-5,9H,7-8H2,1-3H3. The lowest BCUT2D eigenvalue weighted by Crippen LogP contribution is -2.17. The summed E-state index contributed by atoms with van der Waals surface area (Å²) in [6, 6.07) is 4.38. The van der Waals surface area contributed by atoms with Crippen molar-refractivity contribution in [2.45, 2.75) is 20.0 Å². The van der Waals surface area contributed by atoms with Gasteiger partial charge in [-0.15, -0.1) is 0 Å². The first-order valence-electron chi connectivity index (χ1n) is 6.31. The summed E-state index contributed by atoms with van der Waals surface area (Å²) < 4.78 is 28.5. The van der Waals surface area contributed by atoms with E-state index in [0.29, 0.717) is 29.9 Å². The zero-order chi connectivity index (χ0) is 14.9. The van der Waals surface area contributed by atoms with Crippen LogP contribution in [0.1, 0.15) is 12.7 Å². The molecule has 0 aliphatic heterocycles. The molecule has 0 spiro atoms. The van der Waals surface area contributed by atoms with Gasteiger partial charge in [0, 0.05) is 18.7 Å². The third-order valence-electron chi connectivity index (χ3n) is 3.00. The van der Waals surface area contributed by atoms with Crippen molar-refractivity contribution in [1.82, 2.24) is 14.5 Å². The van der Waals surface area contributed by atoms with E-state index in [1.165, 1.54) is 0 Å². The summed E-state index contributed by atoms with van der Waals surface area (Å²) in [5, 5.41) is 8.95. The van der Waals surface area contributed by atoms with Gasteiger partial charge in [-0.25, -0.2) is 13.8 Å². The van der Waals surface area contributed by atoms with E-state index in [1.54, 1.807) is 11.5 Å². The van der Waals surface area contributed by atoms with Crippen molar-refractivity contribution in [2.24, 2.45) is 5.92 Å². The van der Waals surface area contributed by atoms with Crippen LogP contribution < -0.4 is 0 Å². The number of hydrogen-bond acceptors (Lipinski definition) is 3. The molecule has 0 aliphatic carbocycles. The van der Waals surface area contributed by atoms with Crippen molar-refractivity contribution in [3.63, 3.8) is 0 Å². The highest BCUT2D eigenvalue weighted by molar-refractivity contribution is 5.76. The molecule has 0 amide bonds. The van der Waals surface area contributed by atoms with Gasteiger partial charge in [0.15, 0.2) is 11.6 Å². The maximum atomic E-state index is 13.4. The fourth-order valence-electron chi connectivity index (χ4n) is 2.09. The Bertz CT molecular complexity index is 670. The maximum Gasteiger partial charge on any atom is 0.161 e. The van der Waals surface area contributed by atoms with E-state index >= 15 is 0 Å². The van der Waals surface area contributed by atoms with E-state index in [2.05, 4.69) is 11.1 Å². The summed E-state index contributed by atoms with van der Waals surface area (Å²) >= 11 is 0. The van der Waals surface area contributed by atoms with Gasteiger partial charge in [-0.3, -0.25) is 0 Å². The SMILES string of the molecule is CC(C#N)Cn1c(CN(C)C)nc2cc(F)c(F)cc21. The van der Waals surface area contributed by atoms with Crippen molar-refractivity contribution in [3.8, 4) is 6.07 Å². The Kier molecular flexibility index (Phi) is 4.00. The normalized spacial score (nSPS) is 12.8. The zero-order valence-corrected chi connectivity index (χ0v) is 11.7. The van der Waals surface area contributed by atoms with Gasteiger partial charge in [-0.05, 0) is 21.0 Å². The number of halogens is 2. The Morgan fingerprint density at radius 3 is 2.60 bits per heavy atom. The van der Waals surface area contributed by atoms with Crippen LogP contribution in [-0.2, 0) is 13.1 Å². The number of hydrogen-bond donors (Lipinski definition) is 0. The van der Waals surface area contributed by atoms with Gasteiger partial charge >= 0.3 is 0 Å². The van der Waals surface area contributed by atoms with Crippen molar-refractivity contribution in [2.75, 3.05) is 14.1 Å². The van der Waals surface area contributed by atoms with Crippen LogP contribution in [0.25, 0.3) is 11.0 Å². The minimum absolute atomic E-state index is 0.235. The van der Waals surface area contributed by atoms with E-state index in [1.807, 2.05) is 19.0 Å².